The predicted molar refractivity (Wildman–Crippen MR) is 53.7 cm³/mol. The standard InChI is InChI=1S/C11H12F2O3/c1-15-3-2-4-16-11-9(12)5-8(7-14)6-10(11)13/h5-7H,2-4H2,1H3. The number of benzene rings is 1. The third-order valence-electron chi connectivity index (χ3n) is 1.90. The maximum absolute atomic E-state index is 13.3. The normalized spacial score (nSPS) is 10.2. The van der Waals surface area contributed by atoms with Crippen LogP contribution in [0.2, 0.25) is 0 Å². The van der Waals surface area contributed by atoms with E-state index in [1.54, 1.807) is 0 Å². The summed E-state index contributed by atoms with van der Waals surface area (Å²) in [6, 6.07) is 1.86. The van der Waals surface area contributed by atoms with Crippen molar-refractivity contribution in [3.05, 3.63) is 29.3 Å². The lowest BCUT2D eigenvalue weighted by atomic mass is 10.2. The second kappa shape index (κ2) is 6.17. The van der Waals surface area contributed by atoms with Gasteiger partial charge in [-0.3, -0.25) is 4.79 Å². The second-order valence-corrected chi connectivity index (χ2v) is 3.13. The summed E-state index contributed by atoms with van der Waals surface area (Å²) in [5.74, 6) is -2.21. The molecule has 0 unspecified atom stereocenters. The highest BCUT2D eigenvalue weighted by atomic mass is 19.1. The first-order valence-corrected chi connectivity index (χ1v) is 4.75. The van der Waals surface area contributed by atoms with Gasteiger partial charge in [-0.2, -0.15) is 0 Å². The van der Waals surface area contributed by atoms with Crippen molar-refractivity contribution in [1.29, 1.82) is 0 Å². The van der Waals surface area contributed by atoms with Gasteiger partial charge in [-0.1, -0.05) is 0 Å². The summed E-state index contributed by atoms with van der Waals surface area (Å²) in [6.07, 6.45) is 0.908. The monoisotopic (exact) mass is 230 g/mol. The molecular weight excluding hydrogens is 218 g/mol. The zero-order valence-corrected chi connectivity index (χ0v) is 8.83. The van der Waals surface area contributed by atoms with Gasteiger partial charge in [0.05, 0.1) is 6.61 Å². The van der Waals surface area contributed by atoms with E-state index in [9.17, 15) is 13.6 Å². The number of rotatable bonds is 6. The summed E-state index contributed by atoms with van der Waals surface area (Å²) in [5, 5.41) is 0. The van der Waals surface area contributed by atoms with Gasteiger partial charge in [0.2, 0.25) is 0 Å². The molecule has 0 atom stereocenters. The molecule has 1 aromatic rings. The number of carbonyl (C=O) groups excluding carboxylic acids is 1. The molecule has 0 spiro atoms. The Kier molecular flexibility index (Phi) is 4.85. The Bertz CT molecular complexity index is 343. The van der Waals surface area contributed by atoms with Gasteiger partial charge in [0, 0.05) is 25.7 Å². The average Bonchev–Trinajstić information content (AvgIpc) is 2.26. The number of hydrogen-bond donors (Lipinski definition) is 0. The maximum Gasteiger partial charge on any atom is 0.190 e. The third-order valence-corrected chi connectivity index (χ3v) is 1.90. The second-order valence-electron chi connectivity index (χ2n) is 3.13. The van der Waals surface area contributed by atoms with Crippen LogP contribution in [-0.2, 0) is 4.74 Å². The molecule has 88 valence electrons. The molecule has 0 aliphatic heterocycles. The predicted octanol–water partition coefficient (Wildman–Crippen LogP) is 2.19. The number of carbonyl (C=O) groups is 1. The van der Waals surface area contributed by atoms with Crippen molar-refractivity contribution in [1.82, 2.24) is 0 Å². The van der Waals surface area contributed by atoms with Crippen LogP contribution in [0.3, 0.4) is 0 Å². The van der Waals surface area contributed by atoms with Crippen molar-refractivity contribution >= 4 is 6.29 Å². The fourth-order valence-corrected chi connectivity index (χ4v) is 1.16. The molecule has 3 nitrogen and oxygen atoms in total. The lowest BCUT2D eigenvalue weighted by Crippen LogP contribution is -2.05. The van der Waals surface area contributed by atoms with E-state index in [-0.39, 0.29) is 12.2 Å². The van der Waals surface area contributed by atoms with Crippen molar-refractivity contribution in [3.8, 4) is 5.75 Å². The van der Waals surface area contributed by atoms with Gasteiger partial charge in [0.15, 0.2) is 17.4 Å². The Labute approximate surface area is 92.0 Å². The summed E-state index contributed by atoms with van der Waals surface area (Å²) < 4.78 is 36.2. The maximum atomic E-state index is 13.3. The minimum atomic E-state index is -0.875. The Morgan fingerprint density at radius 3 is 2.38 bits per heavy atom. The number of hydrogen-bond acceptors (Lipinski definition) is 3. The summed E-state index contributed by atoms with van der Waals surface area (Å²) >= 11 is 0. The van der Waals surface area contributed by atoms with Gasteiger partial charge >= 0.3 is 0 Å². The molecular formula is C11H12F2O3. The highest BCUT2D eigenvalue weighted by Gasteiger charge is 2.12. The molecule has 0 bridgehead atoms. The first-order chi connectivity index (χ1) is 7.69. The first kappa shape index (κ1) is 12.6. The van der Waals surface area contributed by atoms with Crippen LogP contribution in [0.15, 0.2) is 12.1 Å². The minimum absolute atomic E-state index is 0.0563. The Morgan fingerprint density at radius 2 is 1.88 bits per heavy atom. The Balaban J connectivity index is 2.69. The van der Waals surface area contributed by atoms with Crippen LogP contribution in [0.4, 0.5) is 8.78 Å². The van der Waals surface area contributed by atoms with Gasteiger partial charge < -0.3 is 9.47 Å². The molecule has 0 saturated carbocycles. The largest absolute Gasteiger partial charge is 0.488 e. The van der Waals surface area contributed by atoms with E-state index in [0.29, 0.717) is 19.3 Å². The summed E-state index contributed by atoms with van der Waals surface area (Å²) in [7, 11) is 1.53. The third kappa shape index (κ3) is 3.27. The molecule has 1 rings (SSSR count). The number of methoxy groups -OCH3 is 1. The molecule has 1 aromatic carbocycles. The lowest BCUT2D eigenvalue weighted by Gasteiger charge is -2.08. The van der Waals surface area contributed by atoms with Crippen LogP contribution in [-0.4, -0.2) is 26.6 Å². The molecule has 0 saturated heterocycles. The van der Waals surface area contributed by atoms with Gasteiger partial charge in [-0.25, -0.2) is 8.78 Å². The van der Waals surface area contributed by atoms with Crippen LogP contribution >= 0.6 is 0 Å². The fourth-order valence-electron chi connectivity index (χ4n) is 1.16. The van der Waals surface area contributed by atoms with Crippen molar-refractivity contribution in [2.24, 2.45) is 0 Å². The van der Waals surface area contributed by atoms with E-state index < -0.39 is 17.4 Å². The fraction of sp³-hybridized carbons (Fsp3) is 0.364. The smallest absolute Gasteiger partial charge is 0.190 e. The summed E-state index contributed by atoms with van der Waals surface area (Å²) in [5.41, 5.74) is -0.0563. The van der Waals surface area contributed by atoms with Crippen LogP contribution < -0.4 is 4.74 Å². The van der Waals surface area contributed by atoms with Crippen LogP contribution in [0.1, 0.15) is 16.8 Å². The Morgan fingerprint density at radius 1 is 1.25 bits per heavy atom. The molecule has 16 heavy (non-hydrogen) atoms. The highest BCUT2D eigenvalue weighted by Crippen LogP contribution is 2.22. The number of ether oxygens (including phenoxy) is 2. The van der Waals surface area contributed by atoms with Crippen molar-refractivity contribution < 1.29 is 23.0 Å². The lowest BCUT2D eigenvalue weighted by molar-refractivity contribution is 0.112. The topological polar surface area (TPSA) is 35.5 Å². The summed E-state index contributed by atoms with van der Waals surface area (Å²) in [4.78, 5) is 10.3. The zero-order chi connectivity index (χ0) is 12.0. The van der Waals surface area contributed by atoms with E-state index in [2.05, 4.69) is 0 Å². The zero-order valence-electron chi connectivity index (χ0n) is 8.83. The van der Waals surface area contributed by atoms with Crippen molar-refractivity contribution in [2.45, 2.75) is 6.42 Å². The van der Waals surface area contributed by atoms with Gasteiger partial charge in [0.25, 0.3) is 0 Å². The van der Waals surface area contributed by atoms with E-state index >= 15 is 0 Å². The molecule has 0 radical (unpaired) electrons. The van der Waals surface area contributed by atoms with Gasteiger partial charge in [0.1, 0.15) is 6.29 Å². The van der Waals surface area contributed by atoms with Gasteiger partial charge in [-0.15, -0.1) is 0 Å². The van der Waals surface area contributed by atoms with E-state index in [0.717, 1.165) is 12.1 Å². The molecule has 0 aliphatic carbocycles. The molecule has 0 fully saturated rings. The summed E-state index contributed by atoms with van der Waals surface area (Å²) in [6.45, 7) is 0.609. The van der Waals surface area contributed by atoms with Crippen LogP contribution in [0.5, 0.6) is 5.75 Å². The SMILES string of the molecule is COCCCOc1c(F)cc(C=O)cc1F. The van der Waals surface area contributed by atoms with E-state index in [1.165, 1.54) is 7.11 Å². The molecule has 0 aliphatic rings. The van der Waals surface area contributed by atoms with Crippen molar-refractivity contribution in [2.75, 3.05) is 20.3 Å². The molecule has 5 heteroatoms. The molecule has 0 amide bonds. The minimum Gasteiger partial charge on any atom is -0.488 e. The van der Waals surface area contributed by atoms with E-state index in [1.807, 2.05) is 0 Å². The van der Waals surface area contributed by atoms with Gasteiger partial charge in [-0.05, 0) is 12.1 Å². The Hall–Kier alpha value is -1.49. The van der Waals surface area contributed by atoms with Crippen molar-refractivity contribution in [3.63, 3.8) is 0 Å². The van der Waals surface area contributed by atoms with E-state index in [4.69, 9.17) is 9.47 Å². The highest BCUT2D eigenvalue weighted by molar-refractivity contribution is 5.75. The molecule has 0 aromatic heterocycles. The average molecular weight is 230 g/mol. The quantitative estimate of drug-likeness (QED) is 0.555. The molecule has 0 heterocycles. The van der Waals surface area contributed by atoms with Crippen LogP contribution in [0, 0.1) is 11.6 Å². The number of halogens is 2. The number of aldehydes is 1. The van der Waals surface area contributed by atoms with Crippen LogP contribution in [0.25, 0.3) is 0 Å². The first-order valence-electron chi connectivity index (χ1n) is 4.75. The molecule has 0 N–H and O–H groups in total.